The molecule has 4 aliphatic rings. The van der Waals surface area contributed by atoms with Crippen LogP contribution in [0.3, 0.4) is 0 Å². The molecule has 4 fully saturated rings. The zero-order chi connectivity index (χ0) is 21.8. The first-order chi connectivity index (χ1) is 14.1. The lowest BCUT2D eigenvalue weighted by atomic mass is 9.44. The lowest BCUT2D eigenvalue weighted by Crippen LogP contribution is -2.57. The van der Waals surface area contributed by atoms with E-state index in [1.165, 1.54) is 14.0 Å². The van der Waals surface area contributed by atoms with Crippen LogP contribution in [-0.2, 0) is 23.9 Å². The summed E-state index contributed by atoms with van der Waals surface area (Å²) in [5, 5.41) is 0. The number of carbonyl (C=O) groups is 3. The molecule has 0 bridgehead atoms. The Bertz CT molecular complexity index is 731. The molecule has 0 aromatic heterocycles. The summed E-state index contributed by atoms with van der Waals surface area (Å²) in [6.45, 7) is 7.99. The Hall–Kier alpha value is -1.39. The molecule has 0 heterocycles. The Morgan fingerprint density at radius 2 is 1.80 bits per heavy atom. The molecule has 4 aliphatic carbocycles. The van der Waals surface area contributed by atoms with E-state index in [-0.39, 0.29) is 35.3 Å². The summed E-state index contributed by atoms with van der Waals surface area (Å²) in [5.74, 6) is 1.77. The molecule has 0 N–H and O–H groups in total. The number of rotatable bonds is 3. The van der Waals surface area contributed by atoms with E-state index in [0.717, 1.165) is 44.9 Å². The van der Waals surface area contributed by atoms with Crippen LogP contribution in [0.25, 0.3) is 0 Å². The molecule has 30 heavy (non-hydrogen) atoms. The summed E-state index contributed by atoms with van der Waals surface area (Å²) in [6, 6.07) is 0. The smallest absolute Gasteiger partial charge is 0.308 e. The molecule has 0 saturated heterocycles. The maximum absolute atomic E-state index is 13.7. The van der Waals surface area contributed by atoms with Gasteiger partial charge < -0.3 is 9.47 Å². The van der Waals surface area contributed by atoms with Crippen LogP contribution >= 0.6 is 0 Å². The zero-order valence-corrected chi connectivity index (χ0v) is 19.2. The number of hydrogen-bond donors (Lipinski definition) is 0. The highest BCUT2D eigenvalue weighted by atomic mass is 16.5. The summed E-state index contributed by atoms with van der Waals surface area (Å²) in [5.41, 5.74) is -0.241. The predicted molar refractivity (Wildman–Crippen MR) is 112 cm³/mol. The van der Waals surface area contributed by atoms with Gasteiger partial charge in [0.25, 0.3) is 0 Å². The Balaban J connectivity index is 1.57. The fourth-order valence-corrected chi connectivity index (χ4v) is 8.45. The summed E-state index contributed by atoms with van der Waals surface area (Å²) in [6.07, 6.45) is 7.89. The van der Waals surface area contributed by atoms with Crippen molar-refractivity contribution in [3.8, 4) is 0 Å². The van der Waals surface area contributed by atoms with Gasteiger partial charge in [-0.2, -0.15) is 0 Å². The van der Waals surface area contributed by atoms with Gasteiger partial charge in [0.2, 0.25) is 0 Å². The van der Waals surface area contributed by atoms with Gasteiger partial charge in [-0.3, -0.25) is 14.4 Å². The fourth-order valence-electron chi connectivity index (χ4n) is 8.45. The van der Waals surface area contributed by atoms with Crippen molar-refractivity contribution in [1.82, 2.24) is 0 Å². The average molecular weight is 419 g/mol. The van der Waals surface area contributed by atoms with Crippen molar-refractivity contribution >= 4 is 17.7 Å². The second kappa shape index (κ2) is 7.63. The van der Waals surface area contributed by atoms with Crippen molar-refractivity contribution in [1.29, 1.82) is 0 Å². The first kappa shape index (κ1) is 21.8. The van der Waals surface area contributed by atoms with Gasteiger partial charge in [-0.15, -0.1) is 0 Å². The van der Waals surface area contributed by atoms with Gasteiger partial charge in [0.1, 0.15) is 11.9 Å². The van der Waals surface area contributed by atoms with Gasteiger partial charge in [-0.05, 0) is 80.0 Å². The minimum Gasteiger partial charge on any atom is -0.469 e. The van der Waals surface area contributed by atoms with Gasteiger partial charge in [-0.25, -0.2) is 0 Å². The van der Waals surface area contributed by atoms with Crippen molar-refractivity contribution in [2.24, 2.45) is 46.3 Å². The van der Waals surface area contributed by atoms with Crippen LogP contribution in [-0.4, -0.2) is 30.9 Å². The number of ketones is 1. The van der Waals surface area contributed by atoms with Crippen LogP contribution in [0.5, 0.6) is 0 Å². The van der Waals surface area contributed by atoms with Crippen LogP contribution in [0.1, 0.15) is 79.1 Å². The summed E-state index contributed by atoms with van der Waals surface area (Å²) in [4.78, 5) is 37.4. The van der Waals surface area contributed by atoms with Crippen molar-refractivity contribution < 1.29 is 23.9 Å². The second-order valence-electron chi connectivity index (χ2n) is 11.1. The van der Waals surface area contributed by atoms with E-state index < -0.39 is 5.41 Å². The minimum absolute atomic E-state index is 0.0402. The third-order valence-electron chi connectivity index (χ3n) is 10.1. The number of methoxy groups -OCH3 is 1. The minimum atomic E-state index is -0.396. The van der Waals surface area contributed by atoms with Gasteiger partial charge in [0.15, 0.2) is 0 Å². The number of Topliss-reactive ketones (excluding diaryl/α,β-unsaturated/α-hetero) is 1. The molecule has 0 amide bonds. The number of hydrogen-bond acceptors (Lipinski definition) is 5. The molecule has 5 nitrogen and oxygen atoms in total. The lowest BCUT2D eigenvalue weighted by molar-refractivity contribution is -0.168. The molecule has 4 saturated carbocycles. The molecule has 0 radical (unpaired) electrons. The average Bonchev–Trinajstić information content (AvgIpc) is 3.06. The van der Waals surface area contributed by atoms with Crippen molar-refractivity contribution in [2.75, 3.05) is 7.11 Å². The zero-order valence-electron chi connectivity index (χ0n) is 19.2. The largest absolute Gasteiger partial charge is 0.469 e. The quantitative estimate of drug-likeness (QED) is 0.628. The monoisotopic (exact) mass is 418 g/mol. The topological polar surface area (TPSA) is 69.7 Å². The SMILES string of the molecule is COC(=O)[C@@H](C)[C@H]1CC[C@H]2[C@@H]3CC[C@H]4C[C@H](OC(C)=O)CC[C@]4(C)[C@H]3CC(=O)[C@]12C. The van der Waals surface area contributed by atoms with E-state index in [1.54, 1.807) is 0 Å². The predicted octanol–water partition coefficient (Wildman–Crippen LogP) is 4.57. The molecular formula is C25H38O5. The van der Waals surface area contributed by atoms with Crippen LogP contribution in [0.15, 0.2) is 0 Å². The number of carbonyl (C=O) groups excluding carboxylic acids is 3. The van der Waals surface area contributed by atoms with Crippen molar-refractivity contribution in [3.05, 3.63) is 0 Å². The summed E-state index contributed by atoms with van der Waals surface area (Å²) < 4.78 is 10.6. The Morgan fingerprint density at radius 3 is 2.47 bits per heavy atom. The fraction of sp³-hybridized carbons (Fsp3) is 0.880. The second-order valence-corrected chi connectivity index (χ2v) is 11.1. The lowest BCUT2D eigenvalue weighted by Gasteiger charge is -2.60. The highest BCUT2D eigenvalue weighted by Gasteiger charge is 2.64. The van der Waals surface area contributed by atoms with E-state index in [9.17, 15) is 14.4 Å². The Morgan fingerprint density at radius 1 is 1.07 bits per heavy atom. The molecule has 0 aromatic rings. The van der Waals surface area contributed by atoms with E-state index in [2.05, 4.69) is 13.8 Å². The van der Waals surface area contributed by atoms with Crippen LogP contribution in [0, 0.1) is 46.3 Å². The third-order valence-corrected chi connectivity index (χ3v) is 10.1. The van der Waals surface area contributed by atoms with E-state index in [1.807, 2.05) is 6.92 Å². The van der Waals surface area contributed by atoms with Crippen molar-refractivity contribution in [3.63, 3.8) is 0 Å². The van der Waals surface area contributed by atoms with E-state index in [0.29, 0.717) is 35.9 Å². The number of ether oxygens (including phenoxy) is 2. The Labute approximate surface area is 180 Å². The molecule has 9 atom stereocenters. The summed E-state index contributed by atoms with van der Waals surface area (Å²) in [7, 11) is 1.45. The maximum Gasteiger partial charge on any atom is 0.308 e. The van der Waals surface area contributed by atoms with E-state index in [4.69, 9.17) is 9.47 Å². The standard InChI is InChI=1S/C25H38O5/c1-14(23(28)29-5)19-8-9-20-18-7-6-16-12-17(30-15(2)26)10-11-24(16,3)21(18)13-22(27)25(19,20)4/h14,16-21H,6-13H2,1-5H3/t14-,16-,17+,18-,19+,20-,21-,24-,25+/m0/s1. The molecule has 0 aromatic carbocycles. The first-order valence-corrected chi connectivity index (χ1v) is 11.9. The molecular weight excluding hydrogens is 380 g/mol. The van der Waals surface area contributed by atoms with E-state index >= 15 is 0 Å². The van der Waals surface area contributed by atoms with Gasteiger partial charge in [0.05, 0.1) is 13.0 Å². The molecule has 168 valence electrons. The maximum atomic E-state index is 13.7. The molecule has 0 spiro atoms. The van der Waals surface area contributed by atoms with Gasteiger partial charge in [0, 0.05) is 18.8 Å². The molecule has 0 unspecified atom stereocenters. The van der Waals surface area contributed by atoms with Crippen LogP contribution in [0.4, 0.5) is 0 Å². The summed E-state index contributed by atoms with van der Waals surface area (Å²) >= 11 is 0. The Kier molecular flexibility index (Phi) is 5.55. The van der Waals surface area contributed by atoms with Gasteiger partial charge in [-0.1, -0.05) is 20.8 Å². The molecule has 4 rings (SSSR count). The molecule has 0 aliphatic heterocycles. The first-order valence-electron chi connectivity index (χ1n) is 11.9. The third kappa shape index (κ3) is 3.14. The van der Waals surface area contributed by atoms with Crippen LogP contribution in [0.2, 0.25) is 0 Å². The normalized spacial score (nSPS) is 46.2. The highest BCUT2D eigenvalue weighted by molar-refractivity contribution is 5.88. The van der Waals surface area contributed by atoms with Crippen molar-refractivity contribution in [2.45, 2.75) is 85.2 Å². The van der Waals surface area contributed by atoms with Gasteiger partial charge >= 0.3 is 11.9 Å². The number of fused-ring (bicyclic) bond motifs is 5. The molecule has 5 heteroatoms. The highest BCUT2D eigenvalue weighted by Crippen LogP contribution is 2.67. The van der Waals surface area contributed by atoms with Crippen LogP contribution < -0.4 is 0 Å². The number of esters is 2.